The van der Waals surface area contributed by atoms with Crippen LogP contribution in [0.1, 0.15) is 11.1 Å². The quantitative estimate of drug-likeness (QED) is 0.210. The van der Waals surface area contributed by atoms with E-state index in [4.69, 9.17) is 0 Å². The molecule has 1 amide bonds. The number of halogens is 3. The summed E-state index contributed by atoms with van der Waals surface area (Å²) in [6.45, 7) is 6.01. The number of alkyl halides is 3. The zero-order chi connectivity index (χ0) is 24.2. The Bertz CT molecular complexity index is 1210. The van der Waals surface area contributed by atoms with E-state index in [0.29, 0.717) is 23.6 Å². The number of hydrogen-bond acceptors (Lipinski definition) is 6. The molecule has 0 spiro atoms. The Morgan fingerprint density at radius 2 is 2.03 bits per heavy atom. The van der Waals surface area contributed by atoms with Gasteiger partial charge in [0.25, 0.3) is 5.69 Å². The summed E-state index contributed by atoms with van der Waals surface area (Å²) >= 11 is 0.995. The van der Waals surface area contributed by atoms with E-state index in [2.05, 4.69) is 22.1 Å². The molecule has 1 aromatic heterocycles. The summed E-state index contributed by atoms with van der Waals surface area (Å²) in [5.41, 5.74) is -0.742. The molecule has 0 aliphatic heterocycles. The third-order valence-electron chi connectivity index (χ3n) is 4.43. The van der Waals surface area contributed by atoms with Crippen LogP contribution in [0.4, 0.5) is 24.5 Å². The third kappa shape index (κ3) is 5.77. The van der Waals surface area contributed by atoms with Gasteiger partial charge in [-0.25, -0.2) is 0 Å². The number of non-ortho nitro benzene ring substituents is 1. The van der Waals surface area contributed by atoms with Crippen molar-refractivity contribution >= 4 is 29.0 Å². The number of nitrogens with one attached hydrogen (secondary N) is 1. The van der Waals surface area contributed by atoms with Crippen LogP contribution in [-0.4, -0.2) is 31.3 Å². The minimum Gasteiger partial charge on any atom is -0.325 e. The number of amides is 1. The topological polar surface area (TPSA) is 103 Å². The van der Waals surface area contributed by atoms with Crippen LogP contribution in [0.15, 0.2) is 60.3 Å². The summed E-state index contributed by atoms with van der Waals surface area (Å²) in [5, 5.41) is 21.6. The molecule has 33 heavy (non-hydrogen) atoms. The van der Waals surface area contributed by atoms with Crippen molar-refractivity contribution in [2.45, 2.75) is 24.8 Å². The maximum Gasteiger partial charge on any atom is 0.418 e. The molecule has 3 rings (SSSR count). The number of nitro groups is 1. The first-order valence-corrected chi connectivity index (χ1v) is 10.5. The van der Waals surface area contributed by atoms with Gasteiger partial charge >= 0.3 is 6.18 Å². The van der Waals surface area contributed by atoms with Gasteiger partial charge in [-0.05, 0) is 19.1 Å². The Morgan fingerprint density at radius 3 is 2.67 bits per heavy atom. The zero-order valence-electron chi connectivity index (χ0n) is 17.3. The van der Waals surface area contributed by atoms with Crippen molar-refractivity contribution < 1.29 is 22.9 Å². The molecule has 0 unspecified atom stereocenters. The van der Waals surface area contributed by atoms with Crippen molar-refractivity contribution in [3.63, 3.8) is 0 Å². The molecule has 172 valence electrons. The summed E-state index contributed by atoms with van der Waals surface area (Å²) in [6.07, 6.45) is -3.24. The number of nitrogens with zero attached hydrogens (tertiary/aromatic N) is 4. The number of anilines is 1. The number of aryl methyl sites for hydroxylation is 1. The van der Waals surface area contributed by atoms with Crippen molar-refractivity contribution in [2.75, 3.05) is 11.1 Å². The van der Waals surface area contributed by atoms with Crippen molar-refractivity contribution in [2.24, 2.45) is 0 Å². The molecule has 0 saturated heterocycles. The molecular formula is C21H18F3N5O3S. The molecule has 2 aromatic carbocycles. The standard InChI is InChI=1S/C21H18F3N5O3S/c1-3-9-28-19(14-6-4-5-13(2)10-14)26-27-20(28)33-12-18(30)25-17-8-7-15(29(31)32)11-16(17)21(22,23)24/h3-8,10-11H,1,9,12H2,2H3,(H,25,30). The van der Waals surface area contributed by atoms with Gasteiger partial charge in [-0.15, -0.1) is 16.8 Å². The van der Waals surface area contributed by atoms with Gasteiger partial charge in [0, 0.05) is 24.2 Å². The average molecular weight is 477 g/mol. The maximum absolute atomic E-state index is 13.3. The fourth-order valence-corrected chi connectivity index (χ4v) is 3.74. The van der Waals surface area contributed by atoms with Gasteiger partial charge in [-0.3, -0.25) is 19.5 Å². The maximum atomic E-state index is 13.3. The fraction of sp³-hybridized carbons (Fsp3) is 0.190. The lowest BCUT2D eigenvalue weighted by Crippen LogP contribution is -2.18. The highest BCUT2D eigenvalue weighted by Crippen LogP contribution is 2.37. The predicted molar refractivity (Wildman–Crippen MR) is 118 cm³/mol. The van der Waals surface area contributed by atoms with Crippen molar-refractivity contribution in [3.05, 3.63) is 76.4 Å². The van der Waals surface area contributed by atoms with Gasteiger partial charge in [0.05, 0.1) is 21.9 Å². The Labute approximate surface area is 190 Å². The van der Waals surface area contributed by atoms with E-state index in [1.54, 1.807) is 10.6 Å². The zero-order valence-corrected chi connectivity index (χ0v) is 18.1. The second-order valence-electron chi connectivity index (χ2n) is 6.90. The first-order valence-electron chi connectivity index (χ1n) is 9.49. The predicted octanol–water partition coefficient (Wildman–Crippen LogP) is 5.10. The number of carbonyl (C=O) groups excluding carboxylic acids is 1. The first-order chi connectivity index (χ1) is 15.6. The number of aromatic nitrogens is 3. The van der Waals surface area contributed by atoms with Crippen molar-refractivity contribution in [1.29, 1.82) is 0 Å². The minimum atomic E-state index is -4.88. The molecule has 8 nitrogen and oxygen atoms in total. The smallest absolute Gasteiger partial charge is 0.325 e. The van der Waals surface area contributed by atoms with Gasteiger partial charge < -0.3 is 5.32 Å². The molecule has 12 heteroatoms. The van der Waals surface area contributed by atoms with E-state index in [0.717, 1.165) is 35.0 Å². The number of allylic oxidation sites excluding steroid dienone is 1. The van der Waals surface area contributed by atoms with Crippen LogP contribution in [0.2, 0.25) is 0 Å². The Balaban J connectivity index is 1.78. The lowest BCUT2D eigenvalue weighted by molar-refractivity contribution is -0.385. The van der Waals surface area contributed by atoms with E-state index in [-0.39, 0.29) is 5.75 Å². The second kappa shape index (κ2) is 9.86. The van der Waals surface area contributed by atoms with Crippen LogP contribution in [0, 0.1) is 17.0 Å². The van der Waals surface area contributed by atoms with Crippen molar-refractivity contribution in [1.82, 2.24) is 14.8 Å². The molecule has 3 aromatic rings. The molecule has 1 N–H and O–H groups in total. The summed E-state index contributed by atoms with van der Waals surface area (Å²) < 4.78 is 41.7. The SMILES string of the molecule is C=CCn1c(SCC(=O)Nc2ccc([N+](=O)[O-])cc2C(F)(F)F)nnc1-c1cccc(C)c1. The minimum absolute atomic E-state index is 0.253. The molecule has 0 aliphatic rings. The number of thioether (sulfide) groups is 1. The van der Waals surface area contributed by atoms with E-state index in [1.165, 1.54) is 0 Å². The summed E-state index contributed by atoms with van der Waals surface area (Å²) in [4.78, 5) is 22.2. The molecule has 0 radical (unpaired) electrons. The molecule has 0 fully saturated rings. The number of rotatable bonds is 8. The van der Waals surface area contributed by atoms with Crippen molar-refractivity contribution in [3.8, 4) is 11.4 Å². The van der Waals surface area contributed by atoms with Gasteiger partial charge in [0.2, 0.25) is 5.91 Å². The largest absolute Gasteiger partial charge is 0.418 e. The molecule has 0 aliphatic carbocycles. The average Bonchev–Trinajstić information content (AvgIpc) is 3.14. The van der Waals surface area contributed by atoms with E-state index in [9.17, 15) is 28.1 Å². The van der Waals surface area contributed by atoms with Gasteiger partial charge in [0.15, 0.2) is 11.0 Å². The number of benzene rings is 2. The first kappa shape index (κ1) is 24.0. The monoisotopic (exact) mass is 477 g/mol. The Kier molecular flexibility index (Phi) is 7.16. The van der Waals surface area contributed by atoms with Gasteiger partial charge in [0.1, 0.15) is 0 Å². The fourth-order valence-electron chi connectivity index (χ4n) is 2.99. The van der Waals surface area contributed by atoms with Crippen LogP contribution in [0.5, 0.6) is 0 Å². The van der Waals surface area contributed by atoms with Crippen LogP contribution >= 0.6 is 11.8 Å². The normalized spacial score (nSPS) is 11.3. The van der Waals surface area contributed by atoms with Crippen LogP contribution in [-0.2, 0) is 17.5 Å². The Hall–Kier alpha value is -3.67. The second-order valence-corrected chi connectivity index (χ2v) is 7.84. The summed E-state index contributed by atoms with van der Waals surface area (Å²) in [6, 6.07) is 9.75. The summed E-state index contributed by atoms with van der Waals surface area (Å²) in [5.74, 6) is -0.418. The van der Waals surface area contributed by atoms with Crippen LogP contribution < -0.4 is 5.32 Å². The van der Waals surface area contributed by atoms with E-state index >= 15 is 0 Å². The molecular weight excluding hydrogens is 459 g/mol. The van der Waals surface area contributed by atoms with E-state index < -0.39 is 33.9 Å². The number of hydrogen-bond donors (Lipinski definition) is 1. The van der Waals surface area contributed by atoms with Gasteiger partial charge in [-0.2, -0.15) is 13.2 Å². The van der Waals surface area contributed by atoms with Crippen LogP contribution in [0.3, 0.4) is 0 Å². The van der Waals surface area contributed by atoms with Crippen LogP contribution in [0.25, 0.3) is 11.4 Å². The number of nitro benzene ring substituents is 1. The number of carbonyl (C=O) groups is 1. The molecule has 0 saturated carbocycles. The highest BCUT2D eigenvalue weighted by Gasteiger charge is 2.35. The molecule has 0 bridgehead atoms. The van der Waals surface area contributed by atoms with Gasteiger partial charge in [-0.1, -0.05) is 41.6 Å². The highest BCUT2D eigenvalue weighted by molar-refractivity contribution is 7.99. The summed E-state index contributed by atoms with van der Waals surface area (Å²) in [7, 11) is 0. The van der Waals surface area contributed by atoms with E-state index in [1.807, 2.05) is 31.2 Å². The lowest BCUT2D eigenvalue weighted by Gasteiger charge is -2.13. The Morgan fingerprint density at radius 1 is 1.27 bits per heavy atom. The lowest BCUT2D eigenvalue weighted by atomic mass is 10.1. The molecule has 0 atom stereocenters. The molecule has 1 heterocycles. The highest BCUT2D eigenvalue weighted by atomic mass is 32.2. The third-order valence-corrected chi connectivity index (χ3v) is 5.40.